The van der Waals surface area contributed by atoms with Gasteiger partial charge in [-0.1, -0.05) is 49.7 Å². The zero-order valence-electron chi connectivity index (χ0n) is 13.0. The van der Waals surface area contributed by atoms with Crippen molar-refractivity contribution in [1.82, 2.24) is 5.32 Å². The number of hydrogen-bond acceptors (Lipinski definition) is 2. The molecule has 0 aliphatic carbocycles. The Bertz CT molecular complexity index is 610. The van der Waals surface area contributed by atoms with Crippen molar-refractivity contribution in [2.45, 2.75) is 32.7 Å². The Labute approximate surface area is 132 Å². The lowest BCUT2D eigenvalue weighted by Crippen LogP contribution is -2.12. The van der Waals surface area contributed by atoms with E-state index in [1.54, 1.807) is 0 Å². The lowest BCUT2D eigenvalue weighted by Gasteiger charge is -2.16. The molecule has 2 rings (SSSR count). The highest BCUT2D eigenvalue weighted by Gasteiger charge is 2.11. The molecule has 0 aromatic heterocycles. The summed E-state index contributed by atoms with van der Waals surface area (Å²) in [6, 6.07) is 14.2. The summed E-state index contributed by atoms with van der Waals surface area (Å²) in [7, 11) is 1.92. The van der Waals surface area contributed by atoms with Crippen molar-refractivity contribution in [2.75, 3.05) is 7.05 Å². The summed E-state index contributed by atoms with van der Waals surface area (Å²) < 4.78 is 6.02. The molecule has 0 aliphatic rings. The molecule has 0 radical (unpaired) electrons. The van der Waals surface area contributed by atoms with Gasteiger partial charge in [0.1, 0.15) is 11.5 Å². The van der Waals surface area contributed by atoms with Crippen molar-refractivity contribution >= 4 is 11.6 Å². The van der Waals surface area contributed by atoms with Crippen LogP contribution in [-0.4, -0.2) is 7.05 Å². The largest absolute Gasteiger partial charge is 0.457 e. The van der Waals surface area contributed by atoms with Crippen molar-refractivity contribution in [3.8, 4) is 11.5 Å². The molecular formula is C18H22ClNO. The predicted octanol–water partition coefficient (Wildman–Crippen LogP) is 5.54. The van der Waals surface area contributed by atoms with Gasteiger partial charge in [0.25, 0.3) is 0 Å². The van der Waals surface area contributed by atoms with E-state index in [-0.39, 0.29) is 6.04 Å². The van der Waals surface area contributed by atoms with Crippen LogP contribution >= 0.6 is 11.6 Å². The summed E-state index contributed by atoms with van der Waals surface area (Å²) >= 11 is 6.35. The number of hydrogen-bond donors (Lipinski definition) is 1. The van der Waals surface area contributed by atoms with Gasteiger partial charge < -0.3 is 10.1 Å². The summed E-state index contributed by atoms with van der Waals surface area (Å²) in [6.45, 7) is 6.40. The number of nitrogens with one attached hydrogen (secondary N) is 1. The highest BCUT2D eigenvalue weighted by molar-refractivity contribution is 6.31. The lowest BCUT2D eigenvalue weighted by atomic mass is 10.0. The standard InChI is InChI=1S/C18H22ClNO/c1-12(2)15-7-5-6-8-18(15)21-14-9-10-16(13(3)20-4)17(19)11-14/h5-13,20H,1-4H3. The van der Waals surface area contributed by atoms with E-state index in [4.69, 9.17) is 16.3 Å². The molecule has 3 heteroatoms. The molecule has 1 atom stereocenters. The molecule has 0 saturated heterocycles. The van der Waals surface area contributed by atoms with Gasteiger partial charge in [-0.3, -0.25) is 0 Å². The molecular weight excluding hydrogens is 282 g/mol. The number of ether oxygens (including phenoxy) is 1. The maximum Gasteiger partial charge on any atom is 0.130 e. The van der Waals surface area contributed by atoms with Crippen molar-refractivity contribution in [3.63, 3.8) is 0 Å². The highest BCUT2D eigenvalue weighted by Crippen LogP contribution is 2.33. The van der Waals surface area contributed by atoms with Gasteiger partial charge in [0.15, 0.2) is 0 Å². The van der Waals surface area contributed by atoms with Crippen LogP contribution in [0.1, 0.15) is 43.9 Å². The zero-order valence-corrected chi connectivity index (χ0v) is 13.7. The van der Waals surface area contributed by atoms with Crippen LogP contribution in [0.25, 0.3) is 0 Å². The van der Waals surface area contributed by atoms with Crippen molar-refractivity contribution in [1.29, 1.82) is 0 Å². The average molecular weight is 304 g/mol. The topological polar surface area (TPSA) is 21.3 Å². The predicted molar refractivity (Wildman–Crippen MR) is 89.5 cm³/mol. The second-order valence-corrected chi connectivity index (χ2v) is 5.90. The normalized spacial score (nSPS) is 12.5. The Kier molecular flexibility index (Phi) is 5.27. The smallest absolute Gasteiger partial charge is 0.130 e. The molecule has 0 fully saturated rings. The fourth-order valence-corrected chi connectivity index (χ4v) is 2.59. The minimum absolute atomic E-state index is 0.217. The molecule has 0 spiro atoms. The third-order valence-corrected chi connectivity index (χ3v) is 3.97. The first-order valence-electron chi connectivity index (χ1n) is 7.26. The second-order valence-electron chi connectivity index (χ2n) is 5.49. The summed E-state index contributed by atoms with van der Waals surface area (Å²) in [6.07, 6.45) is 0. The van der Waals surface area contributed by atoms with Crippen LogP contribution in [0.2, 0.25) is 5.02 Å². The van der Waals surface area contributed by atoms with Gasteiger partial charge >= 0.3 is 0 Å². The molecule has 0 bridgehead atoms. The Hall–Kier alpha value is -1.51. The summed E-state index contributed by atoms with van der Waals surface area (Å²) in [4.78, 5) is 0. The first-order valence-corrected chi connectivity index (χ1v) is 7.64. The van der Waals surface area contributed by atoms with E-state index in [1.807, 2.05) is 43.4 Å². The van der Waals surface area contributed by atoms with Gasteiger partial charge in [0, 0.05) is 11.1 Å². The van der Waals surface area contributed by atoms with Crippen LogP contribution in [0.4, 0.5) is 0 Å². The summed E-state index contributed by atoms with van der Waals surface area (Å²) in [5.74, 6) is 2.07. The second kappa shape index (κ2) is 6.97. The van der Waals surface area contributed by atoms with Gasteiger partial charge in [-0.2, -0.15) is 0 Å². The molecule has 2 aromatic carbocycles. The van der Waals surface area contributed by atoms with Crippen LogP contribution < -0.4 is 10.1 Å². The van der Waals surface area contributed by atoms with E-state index >= 15 is 0 Å². The average Bonchev–Trinajstić information content (AvgIpc) is 2.47. The van der Waals surface area contributed by atoms with E-state index in [9.17, 15) is 0 Å². The first kappa shape index (κ1) is 15.9. The van der Waals surface area contributed by atoms with Crippen molar-refractivity contribution in [2.24, 2.45) is 0 Å². The van der Waals surface area contributed by atoms with E-state index in [0.29, 0.717) is 5.92 Å². The van der Waals surface area contributed by atoms with Crippen LogP contribution in [0.15, 0.2) is 42.5 Å². The molecule has 2 nitrogen and oxygen atoms in total. The van der Waals surface area contributed by atoms with E-state index < -0.39 is 0 Å². The third-order valence-electron chi connectivity index (χ3n) is 3.64. The van der Waals surface area contributed by atoms with E-state index in [0.717, 1.165) is 22.1 Å². The first-order chi connectivity index (χ1) is 10.0. The molecule has 1 unspecified atom stereocenters. The number of halogens is 1. The number of benzene rings is 2. The minimum Gasteiger partial charge on any atom is -0.457 e. The fraction of sp³-hybridized carbons (Fsp3) is 0.333. The van der Waals surface area contributed by atoms with Crippen LogP contribution in [0, 0.1) is 0 Å². The molecule has 0 saturated carbocycles. The third kappa shape index (κ3) is 3.78. The Morgan fingerprint density at radius 1 is 1.00 bits per heavy atom. The zero-order chi connectivity index (χ0) is 15.4. The van der Waals surface area contributed by atoms with Gasteiger partial charge in [-0.05, 0) is 49.2 Å². The molecule has 0 aliphatic heterocycles. The maximum atomic E-state index is 6.35. The maximum absolute atomic E-state index is 6.35. The van der Waals surface area contributed by atoms with Gasteiger partial charge in [0.05, 0.1) is 0 Å². The molecule has 112 valence electrons. The fourth-order valence-electron chi connectivity index (χ4n) is 2.26. The van der Waals surface area contributed by atoms with Crippen molar-refractivity contribution in [3.05, 3.63) is 58.6 Å². The SMILES string of the molecule is CNC(C)c1ccc(Oc2ccccc2C(C)C)cc1Cl. The molecule has 1 N–H and O–H groups in total. The minimum atomic E-state index is 0.217. The van der Waals surface area contributed by atoms with Crippen LogP contribution in [-0.2, 0) is 0 Å². The van der Waals surface area contributed by atoms with Gasteiger partial charge in [-0.15, -0.1) is 0 Å². The molecule has 2 aromatic rings. The summed E-state index contributed by atoms with van der Waals surface area (Å²) in [5, 5.41) is 3.91. The Morgan fingerprint density at radius 3 is 2.33 bits per heavy atom. The van der Waals surface area contributed by atoms with Crippen molar-refractivity contribution < 1.29 is 4.74 Å². The molecule has 21 heavy (non-hydrogen) atoms. The van der Waals surface area contributed by atoms with Gasteiger partial charge in [-0.25, -0.2) is 0 Å². The monoisotopic (exact) mass is 303 g/mol. The Morgan fingerprint density at radius 2 is 1.71 bits per heavy atom. The number of rotatable bonds is 5. The quantitative estimate of drug-likeness (QED) is 0.783. The van der Waals surface area contributed by atoms with Crippen LogP contribution in [0.3, 0.4) is 0 Å². The number of para-hydroxylation sites is 1. The van der Waals surface area contributed by atoms with E-state index in [1.165, 1.54) is 5.56 Å². The Balaban J connectivity index is 2.27. The molecule has 0 amide bonds. The highest BCUT2D eigenvalue weighted by atomic mass is 35.5. The van der Waals surface area contributed by atoms with Crippen LogP contribution in [0.5, 0.6) is 11.5 Å². The lowest BCUT2D eigenvalue weighted by molar-refractivity contribution is 0.472. The molecule has 0 heterocycles. The van der Waals surface area contributed by atoms with E-state index in [2.05, 4.69) is 32.2 Å². The van der Waals surface area contributed by atoms with Gasteiger partial charge in [0.2, 0.25) is 0 Å². The summed E-state index contributed by atoms with van der Waals surface area (Å²) in [5.41, 5.74) is 2.27.